The van der Waals surface area contributed by atoms with E-state index in [1.807, 2.05) is 34.7 Å². The van der Waals surface area contributed by atoms with Crippen LogP contribution in [-0.2, 0) is 27.7 Å². The van der Waals surface area contributed by atoms with Gasteiger partial charge in [-0.3, -0.25) is 9.59 Å². The highest BCUT2D eigenvalue weighted by Crippen LogP contribution is 2.13. The van der Waals surface area contributed by atoms with Crippen LogP contribution in [-0.4, -0.2) is 43.0 Å². The smallest absolute Gasteiger partial charge is 0.323 e. The van der Waals surface area contributed by atoms with E-state index in [1.54, 1.807) is 42.5 Å². The summed E-state index contributed by atoms with van der Waals surface area (Å²) in [7, 11) is -4.07. The minimum Gasteiger partial charge on any atom is -0.480 e. The molecule has 0 aliphatic carbocycles. The minimum atomic E-state index is -4.07. The summed E-state index contributed by atoms with van der Waals surface area (Å²) < 4.78 is 27.9. The summed E-state index contributed by atoms with van der Waals surface area (Å²) in [6.45, 7) is -0.416. The van der Waals surface area contributed by atoms with Crippen LogP contribution in [0.3, 0.4) is 0 Å². The molecule has 1 aromatic heterocycles. The Labute approximate surface area is 211 Å². The van der Waals surface area contributed by atoms with Crippen molar-refractivity contribution in [1.29, 1.82) is 0 Å². The first-order chi connectivity index (χ1) is 16.1. The number of rotatable bonds is 10. The van der Waals surface area contributed by atoms with Crippen LogP contribution in [0, 0.1) is 3.57 Å². The second kappa shape index (κ2) is 11.4. The van der Waals surface area contributed by atoms with Gasteiger partial charge in [0.1, 0.15) is 11.9 Å². The summed E-state index contributed by atoms with van der Waals surface area (Å²) >= 11 is 2.03. The van der Waals surface area contributed by atoms with Crippen LogP contribution in [0.5, 0.6) is 0 Å². The average Bonchev–Trinajstić information content (AvgIpc) is 2.80. The van der Waals surface area contributed by atoms with Crippen molar-refractivity contribution in [3.05, 3.63) is 87.1 Å². The SMILES string of the molecule is Nc1cccc(CCc2ccc(C(=O)NC[C@H](NS(=O)(=O)c3ccc(I)cc3)C(=O)O)cc2)n1. The lowest BCUT2D eigenvalue weighted by atomic mass is 10.1. The molecule has 3 rings (SSSR count). The number of benzene rings is 2. The molecule has 5 N–H and O–H groups in total. The third-order valence-electron chi connectivity index (χ3n) is 4.90. The van der Waals surface area contributed by atoms with E-state index in [4.69, 9.17) is 5.73 Å². The number of hydrogen-bond acceptors (Lipinski definition) is 6. The van der Waals surface area contributed by atoms with Gasteiger partial charge in [0.15, 0.2) is 0 Å². The van der Waals surface area contributed by atoms with Crippen molar-refractivity contribution in [1.82, 2.24) is 15.0 Å². The number of nitrogen functional groups attached to an aromatic ring is 1. The molecule has 1 heterocycles. The maximum Gasteiger partial charge on any atom is 0.323 e. The number of carbonyl (C=O) groups is 2. The molecule has 178 valence electrons. The first-order valence-corrected chi connectivity index (χ1v) is 12.8. The average molecular weight is 594 g/mol. The van der Waals surface area contributed by atoms with E-state index in [1.165, 1.54) is 12.1 Å². The first-order valence-electron chi connectivity index (χ1n) is 10.2. The van der Waals surface area contributed by atoms with E-state index < -0.39 is 34.5 Å². The Bertz CT molecular complexity index is 1270. The van der Waals surface area contributed by atoms with Crippen molar-refractivity contribution >= 4 is 50.3 Å². The summed E-state index contributed by atoms with van der Waals surface area (Å²) in [5.74, 6) is -1.45. The molecule has 0 radical (unpaired) electrons. The Balaban J connectivity index is 1.57. The molecule has 0 spiro atoms. The van der Waals surface area contributed by atoms with Gasteiger partial charge in [0.05, 0.1) is 4.90 Å². The number of sulfonamides is 1. The van der Waals surface area contributed by atoms with E-state index in [-0.39, 0.29) is 4.90 Å². The molecule has 0 fully saturated rings. The van der Waals surface area contributed by atoms with Crippen LogP contribution in [0.2, 0.25) is 0 Å². The Kier molecular flexibility index (Phi) is 8.58. The number of amides is 1. The standard InChI is InChI=1S/C23H23IN4O5S/c24-17-9-12-19(13-10-17)34(32,33)28-20(23(30)31)14-26-22(29)16-7-4-15(5-8-16)6-11-18-2-1-3-21(25)27-18/h1-5,7-10,12-13,20,28H,6,11,14H2,(H2,25,27)(H,26,29)(H,30,31)/t20-/m0/s1. The number of nitrogens with two attached hydrogens (primary N) is 1. The maximum atomic E-state index is 12.5. The van der Waals surface area contributed by atoms with Gasteiger partial charge in [-0.05, 0) is 89.5 Å². The fourth-order valence-electron chi connectivity index (χ4n) is 3.08. The van der Waals surface area contributed by atoms with Gasteiger partial charge < -0.3 is 16.2 Å². The molecule has 1 atom stereocenters. The molecule has 0 aliphatic heterocycles. The van der Waals surface area contributed by atoms with Crippen LogP contribution in [0.25, 0.3) is 0 Å². The molecule has 0 aliphatic rings. The predicted octanol–water partition coefficient (Wildman–Crippen LogP) is 2.22. The van der Waals surface area contributed by atoms with Gasteiger partial charge in [-0.25, -0.2) is 13.4 Å². The number of halogens is 1. The number of nitrogens with zero attached hydrogens (tertiary/aromatic N) is 1. The highest BCUT2D eigenvalue weighted by atomic mass is 127. The van der Waals surface area contributed by atoms with Gasteiger partial charge in [-0.15, -0.1) is 0 Å². The zero-order valence-electron chi connectivity index (χ0n) is 17.9. The molecular weight excluding hydrogens is 571 g/mol. The quantitative estimate of drug-likeness (QED) is 0.263. The Morgan fingerprint density at radius 1 is 1.00 bits per heavy atom. The van der Waals surface area contributed by atoms with Crippen LogP contribution in [0.15, 0.2) is 71.6 Å². The topological polar surface area (TPSA) is 151 Å². The molecule has 0 unspecified atom stereocenters. The Morgan fingerprint density at radius 2 is 1.68 bits per heavy atom. The molecule has 3 aromatic rings. The number of aryl methyl sites for hydroxylation is 2. The number of carboxylic acid groups (broad SMARTS) is 1. The fraction of sp³-hybridized carbons (Fsp3) is 0.174. The van der Waals surface area contributed by atoms with Crippen LogP contribution in [0.4, 0.5) is 5.82 Å². The minimum absolute atomic E-state index is 0.0607. The molecule has 1 amide bonds. The fourth-order valence-corrected chi connectivity index (χ4v) is 4.63. The number of hydrogen-bond donors (Lipinski definition) is 4. The van der Waals surface area contributed by atoms with Crippen molar-refractivity contribution in [2.75, 3.05) is 12.3 Å². The van der Waals surface area contributed by atoms with Gasteiger partial charge >= 0.3 is 5.97 Å². The monoisotopic (exact) mass is 594 g/mol. The highest BCUT2D eigenvalue weighted by Gasteiger charge is 2.26. The van der Waals surface area contributed by atoms with E-state index in [9.17, 15) is 23.1 Å². The van der Waals surface area contributed by atoms with E-state index in [2.05, 4.69) is 15.0 Å². The molecule has 0 saturated heterocycles. The number of pyridine rings is 1. The highest BCUT2D eigenvalue weighted by molar-refractivity contribution is 14.1. The zero-order chi connectivity index (χ0) is 24.7. The lowest BCUT2D eigenvalue weighted by Gasteiger charge is -2.16. The predicted molar refractivity (Wildman–Crippen MR) is 136 cm³/mol. The van der Waals surface area contributed by atoms with Gasteiger partial charge in [0.2, 0.25) is 10.0 Å². The molecule has 11 heteroatoms. The van der Waals surface area contributed by atoms with Gasteiger partial charge in [-0.1, -0.05) is 18.2 Å². The molecule has 9 nitrogen and oxygen atoms in total. The van der Waals surface area contributed by atoms with E-state index in [0.29, 0.717) is 24.2 Å². The lowest BCUT2D eigenvalue weighted by Crippen LogP contribution is -2.48. The van der Waals surface area contributed by atoms with Gasteiger partial charge in [0.25, 0.3) is 5.91 Å². The second-order valence-electron chi connectivity index (χ2n) is 7.43. The largest absolute Gasteiger partial charge is 0.480 e. The summed E-state index contributed by atoms with van der Waals surface area (Å²) in [6.07, 6.45) is 1.40. The Hall–Kier alpha value is -3.03. The maximum absolute atomic E-state index is 12.5. The van der Waals surface area contributed by atoms with Gasteiger partial charge in [0, 0.05) is 21.4 Å². The number of aliphatic carboxylic acids is 1. The van der Waals surface area contributed by atoms with Crippen LogP contribution >= 0.6 is 22.6 Å². The third kappa shape index (κ3) is 7.23. The Morgan fingerprint density at radius 3 is 2.29 bits per heavy atom. The van der Waals surface area contributed by atoms with Crippen molar-refractivity contribution in [2.45, 2.75) is 23.8 Å². The molecule has 0 bridgehead atoms. The third-order valence-corrected chi connectivity index (χ3v) is 7.11. The molecule has 2 aromatic carbocycles. The summed E-state index contributed by atoms with van der Waals surface area (Å²) in [4.78, 5) is 28.2. The first kappa shape index (κ1) is 25.6. The second-order valence-corrected chi connectivity index (χ2v) is 10.4. The van der Waals surface area contributed by atoms with E-state index in [0.717, 1.165) is 14.8 Å². The number of anilines is 1. The summed E-state index contributed by atoms with van der Waals surface area (Å²) in [6, 6.07) is 16.7. The normalized spacial score (nSPS) is 12.1. The molecule has 0 saturated carbocycles. The molecule has 34 heavy (non-hydrogen) atoms. The number of carbonyl (C=O) groups excluding carboxylic acids is 1. The summed E-state index contributed by atoms with van der Waals surface area (Å²) in [5, 5.41) is 11.9. The van der Waals surface area contributed by atoms with Crippen molar-refractivity contribution in [3.63, 3.8) is 0 Å². The number of carboxylic acids is 1. The zero-order valence-corrected chi connectivity index (χ0v) is 20.9. The molecular formula is C23H23IN4O5S. The van der Waals surface area contributed by atoms with Crippen molar-refractivity contribution in [3.8, 4) is 0 Å². The van der Waals surface area contributed by atoms with Gasteiger partial charge in [-0.2, -0.15) is 4.72 Å². The number of nitrogens with one attached hydrogen (secondary N) is 2. The van der Waals surface area contributed by atoms with Crippen molar-refractivity contribution in [2.24, 2.45) is 0 Å². The van der Waals surface area contributed by atoms with Crippen LogP contribution < -0.4 is 15.8 Å². The number of aromatic nitrogens is 1. The van der Waals surface area contributed by atoms with Crippen molar-refractivity contribution < 1.29 is 23.1 Å². The van der Waals surface area contributed by atoms with Crippen LogP contribution in [0.1, 0.15) is 21.6 Å². The summed E-state index contributed by atoms with van der Waals surface area (Å²) in [5.41, 5.74) is 7.88. The van der Waals surface area contributed by atoms with E-state index >= 15 is 0 Å². The lowest BCUT2D eigenvalue weighted by molar-refractivity contribution is -0.138.